The van der Waals surface area contributed by atoms with E-state index >= 15 is 0 Å². The Morgan fingerprint density at radius 1 is 1.50 bits per heavy atom. The highest BCUT2D eigenvalue weighted by atomic mass is 35.5. The number of allylic oxidation sites excluding steroid dienone is 1. The number of rotatable bonds is 1. The zero-order valence-corrected chi connectivity index (χ0v) is 11.2. The van der Waals surface area contributed by atoms with Crippen molar-refractivity contribution in [1.82, 2.24) is 0 Å². The summed E-state index contributed by atoms with van der Waals surface area (Å²) >= 11 is 6.24. The molecule has 0 atom stereocenters. The number of aryl methyl sites for hydroxylation is 1. The lowest BCUT2D eigenvalue weighted by Crippen LogP contribution is -1.98. The average Bonchev–Trinajstić information content (AvgIpc) is 2.48. The zero-order valence-electron chi connectivity index (χ0n) is 10.4. The van der Waals surface area contributed by atoms with Gasteiger partial charge in [0, 0.05) is 16.7 Å². The molecule has 96 valence electrons. The van der Waals surface area contributed by atoms with Gasteiger partial charge in [-0.2, -0.15) is 0 Å². The van der Waals surface area contributed by atoms with Gasteiger partial charge < -0.3 is 9.84 Å². The van der Waals surface area contributed by atoms with Crippen LogP contribution in [-0.2, 0) is 4.79 Å². The van der Waals surface area contributed by atoms with Crippen molar-refractivity contribution in [1.29, 1.82) is 0 Å². The summed E-state index contributed by atoms with van der Waals surface area (Å²) in [7, 11) is 0. The van der Waals surface area contributed by atoms with Gasteiger partial charge in [-0.3, -0.25) is 0 Å². The van der Waals surface area contributed by atoms with Crippen LogP contribution in [0, 0.1) is 13.8 Å². The van der Waals surface area contributed by atoms with Crippen molar-refractivity contribution in [3.05, 3.63) is 33.9 Å². The van der Waals surface area contributed by atoms with Gasteiger partial charge in [-0.25, -0.2) is 4.79 Å². The molecule has 2 rings (SSSR count). The van der Waals surface area contributed by atoms with Crippen LogP contribution in [0.15, 0.2) is 12.1 Å². The highest BCUT2D eigenvalue weighted by Gasteiger charge is 2.20. The first-order chi connectivity index (χ1) is 8.50. The molecule has 4 heteroatoms. The van der Waals surface area contributed by atoms with Crippen LogP contribution in [0.5, 0.6) is 5.75 Å². The van der Waals surface area contributed by atoms with E-state index in [1.165, 1.54) is 6.08 Å². The molecule has 1 aromatic rings. The number of benzene rings is 1. The molecule has 1 heterocycles. The number of ether oxygens (including phenoxy) is 1. The van der Waals surface area contributed by atoms with Crippen molar-refractivity contribution in [3.63, 3.8) is 0 Å². The second-order valence-corrected chi connectivity index (χ2v) is 4.84. The number of hydrogen-bond acceptors (Lipinski definition) is 2. The number of aliphatic carboxylic acids is 1. The molecular weight excluding hydrogens is 252 g/mol. The van der Waals surface area contributed by atoms with Gasteiger partial charge in [0.05, 0.1) is 6.61 Å². The van der Waals surface area contributed by atoms with Crippen molar-refractivity contribution in [2.75, 3.05) is 6.61 Å². The maximum absolute atomic E-state index is 10.9. The van der Waals surface area contributed by atoms with Gasteiger partial charge in [0.15, 0.2) is 0 Å². The van der Waals surface area contributed by atoms with Crippen LogP contribution in [0.25, 0.3) is 5.57 Å². The lowest BCUT2D eigenvalue weighted by atomic mass is 9.94. The number of hydrogen-bond donors (Lipinski definition) is 1. The highest BCUT2D eigenvalue weighted by molar-refractivity contribution is 6.32. The number of carbonyl (C=O) groups is 1. The SMILES string of the molecule is Cc1cc2c(c(C)c1Cl)/C(=C/C(=O)O)CCCO2. The van der Waals surface area contributed by atoms with Gasteiger partial charge >= 0.3 is 5.97 Å². The highest BCUT2D eigenvalue weighted by Crippen LogP contribution is 2.39. The van der Waals surface area contributed by atoms with Crippen molar-refractivity contribution < 1.29 is 14.6 Å². The molecule has 3 nitrogen and oxygen atoms in total. The van der Waals surface area contributed by atoms with E-state index in [2.05, 4.69) is 0 Å². The van der Waals surface area contributed by atoms with Gasteiger partial charge in [-0.05, 0) is 49.5 Å². The molecule has 0 spiro atoms. The van der Waals surface area contributed by atoms with E-state index < -0.39 is 5.97 Å². The zero-order chi connectivity index (χ0) is 13.3. The standard InChI is InChI=1S/C14H15ClO3/c1-8-6-11-13(9(2)14(8)15)10(7-12(16)17)4-3-5-18-11/h6-7H,3-5H2,1-2H3,(H,16,17)/b10-7+. The summed E-state index contributed by atoms with van der Waals surface area (Å²) in [5.74, 6) is -0.201. The minimum absolute atomic E-state index is 0.602. The molecule has 0 radical (unpaired) electrons. The molecule has 0 amide bonds. The molecular formula is C14H15ClO3. The Labute approximate surface area is 111 Å². The van der Waals surface area contributed by atoms with Crippen molar-refractivity contribution in [2.24, 2.45) is 0 Å². The minimum Gasteiger partial charge on any atom is -0.493 e. The maximum Gasteiger partial charge on any atom is 0.328 e. The molecule has 18 heavy (non-hydrogen) atoms. The van der Waals surface area contributed by atoms with E-state index in [1.54, 1.807) is 0 Å². The predicted molar refractivity (Wildman–Crippen MR) is 71.3 cm³/mol. The molecule has 1 aliphatic heterocycles. The minimum atomic E-state index is -0.936. The summed E-state index contributed by atoms with van der Waals surface area (Å²) in [6, 6.07) is 1.88. The molecule has 0 bridgehead atoms. The molecule has 0 aliphatic carbocycles. The van der Waals surface area contributed by atoms with Crippen LogP contribution in [0.2, 0.25) is 5.02 Å². The van der Waals surface area contributed by atoms with Crippen LogP contribution < -0.4 is 4.74 Å². The first-order valence-electron chi connectivity index (χ1n) is 5.87. The second-order valence-electron chi connectivity index (χ2n) is 4.47. The predicted octanol–water partition coefficient (Wildman–Crippen LogP) is 3.60. The summed E-state index contributed by atoms with van der Waals surface area (Å²) in [6.45, 7) is 4.42. The second kappa shape index (κ2) is 5.02. The number of fused-ring (bicyclic) bond motifs is 1. The third-order valence-corrected chi connectivity index (χ3v) is 3.69. The van der Waals surface area contributed by atoms with Gasteiger partial charge in [-0.15, -0.1) is 0 Å². The fraction of sp³-hybridized carbons (Fsp3) is 0.357. The molecule has 0 aromatic heterocycles. The lowest BCUT2D eigenvalue weighted by Gasteiger charge is -2.15. The van der Waals surface area contributed by atoms with Crippen LogP contribution in [0.4, 0.5) is 0 Å². The Balaban J connectivity index is 2.67. The largest absolute Gasteiger partial charge is 0.493 e. The molecule has 1 aromatic carbocycles. The first kappa shape index (κ1) is 13.0. The Kier molecular flexibility index (Phi) is 3.62. The van der Waals surface area contributed by atoms with Crippen LogP contribution in [0.1, 0.15) is 29.5 Å². The molecule has 0 unspecified atom stereocenters. The Morgan fingerprint density at radius 3 is 2.89 bits per heavy atom. The van der Waals surface area contributed by atoms with Gasteiger partial charge in [-0.1, -0.05) is 11.6 Å². The van der Waals surface area contributed by atoms with E-state index in [9.17, 15) is 4.79 Å². The van der Waals surface area contributed by atoms with Crippen LogP contribution in [0.3, 0.4) is 0 Å². The molecule has 1 N–H and O–H groups in total. The van der Waals surface area contributed by atoms with Gasteiger partial charge in [0.1, 0.15) is 5.75 Å². The summed E-state index contributed by atoms with van der Waals surface area (Å²) in [4.78, 5) is 10.9. The van der Waals surface area contributed by atoms with Gasteiger partial charge in [0.2, 0.25) is 0 Å². The van der Waals surface area contributed by atoms with E-state index in [4.69, 9.17) is 21.4 Å². The molecule has 1 aliphatic rings. The van der Waals surface area contributed by atoms with E-state index in [-0.39, 0.29) is 0 Å². The van der Waals surface area contributed by atoms with Crippen LogP contribution in [-0.4, -0.2) is 17.7 Å². The Morgan fingerprint density at radius 2 is 2.22 bits per heavy atom. The summed E-state index contributed by atoms with van der Waals surface area (Å²) in [5, 5.41) is 9.62. The fourth-order valence-electron chi connectivity index (χ4n) is 2.30. The topological polar surface area (TPSA) is 46.5 Å². The summed E-state index contributed by atoms with van der Waals surface area (Å²) in [5.41, 5.74) is 3.46. The first-order valence-corrected chi connectivity index (χ1v) is 6.25. The number of halogens is 1. The quantitative estimate of drug-likeness (QED) is 0.790. The molecule has 0 saturated carbocycles. The number of carboxylic acids is 1. The van der Waals surface area contributed by atoms with Crippen molar-refractivity contribution in [3.8, 4) is 5.75 Å². The van der Waals surface area contributed by atoms with Crippen molar-refractivity contribution >= 4 is 23.1 Å². The maximum atomic E-state index is 10.9. The lowest BCUT2D eigenvalue weighted by molar-refractivity contribution is -0.131. The monoisotopic (exact) mass is 266 g/mol. The van der Waals surface area contributed by atoms with Crippen molar-refractivity contribution in [2.45, 2.75) is 26.7 Å². The smallest absolute Gasteiger partial charge is 0.328 e. The third kappa shape index (κ3) is 2.36. The third-order valence-electron chi connectivity index (χ3n) is 3.11. The Bertz CT molecular complexity index is 532. The average molecular weight is 267 g/mol. The van der Waals surface area contributed by atoms with E-state index in [0.29, 0.717) is 18.1 Å². The summed E-state index contributed by atoms with van der Waals surface area (Å²) in [6.07, 6.45) is 2.76. The fourth-order valence-corrected chi connectivity index (χ4v) is 2.45. The summed E-state index contributed by atoms with van der Waals surface area (Å²) < 4.78 is 5.68. The number of carboxylic acid groups (broad SMARTS) is 1. The van der Waals surface area contributed by atoms with Gasteiger partial charge in [0.25, 0.3) is 0 Å². The molecule has 0 saturated heterocycles. The van der Waals surface area contributed by atoms with E-state index in [1.807, 2.05) is 19.9 Å². The normalized spacial score (nSPS) is 16.9. The van der Waals surface area contributed by atoms with Crippen LogP contribution >= 0.6 is 11.6 Å². The van der Waals surface area contributed by atoms with E-state index in [0.717, 1.165) is 34.4 Å². The molecule has 0 fully saturated rings. The Hall–Kier alpha value is -1.48.